The fourth-order valence-electron chi connectivity index (χ4n) is 3.57. The lowest BCUT2D eigenvalue weighted by atomic mass is 9.98. The summed E-state index contributed by atoms with van der Waals surface area (Å²) in [5.41, 5.74) is 2.82. The molecule has 1 heterocycles. The highest BCUT2D eigenvalue weighted by atomic mass is 19.2. The second-order valence-corrected chi connectivity index (χ2v) is 7.29. The number of nitrogens with one attached hydrogen (secondary N) is 3. The van der Waals surface area contributed by atoms with Crippen LogP contribution >= 0.6 is 0 Å². The summed E-state index contributed by atoms with van der Waals surface area (Å²) in [6.45, 7) is 4.07. The minimum absolute atomic E-state index is 0.123. The van der Waals surface area contributed by atoms with Gasteiger partial charge in [-0.15, -0.1) is 0 Å². The molecule has 3 amide bonds. The number of nitrogens with zero attached hydrogens (tertiary/aromatic N) is 1. The van der Waals surface area contributed by atoms with Gasteiger partial charge in [-0.05, 0) is 36.1 Å². The summed E-state index contributed by atoms with van der Waals surface area (Å²) in [7, 11) is 0. The molecule has 0 fully saturated rings. The largest absolute Gasteiger partial charge is 0.337 e. The number of anilines is 1. The average molecular weight is 416 g/mol. The van der Waals surface area contributed by atoms with E-state index in [0.29, 0.717) is 6.54 Å². The van der Waals surface area contributed by atoms with Gasteiger partial charge in [-0.3, -0.25) is 9.69 Å². The van der Waals surface area contributed by atoms with E-state index in [9.17, 15) is 18.4 Å². The minimum Gasteiger partial charge on any atom is -0.337 e. The molecule has 160 valence electrons. The zero-order valence-electron chi connectivity index (χ0n) is 16.9. The molecule has 0 radical (unpaired) electrons. The van der Waals surface area contributed by atoms with Crippen LogP contribution < -0.4 is 16.0 Å². The van der Waals surface area contributed by atoms with Crippen LogP contribution in [0.15, 0.2) is 42.5 Å². The van der Waals surface area contributed by atoms with Crippen LogP contribution in [-0.2, 0) is 17.8 Å². The summed E-state index contributed by atoms with van der Waals surface area (Å²) >= 11 is 0. The predicted molar refractivity (Wildman–Crippen MR) is 111 cm³/mol. The molecule has 6 nitrogen and oxygen atoms in total. The molecule has 0 saturated carbocycles. The molecule has 3 N–H and O–H groups in total. The van der Waals surface area contributed by atoms with E-state index in [1.165, 1.54) is 17.2 Å². The number of carbonyl (C=O) groups is 2. The van der Waals surface area contributed by atoms with Crippen LogP contribution in [0.3, 0.4) is 0 Å². The standard InChI is InChI=1S/C22H26F2N4O2/c1-2-18(28-10-9-15-5-3-4-6-16(15)14-28)12-25-22(30)26-13-21(29)27-17-7-8-19(23)20(24)11-17/h3-8,11,18H,2,9-10,12-14H2,1H3,(H,27,29)(H2,25,26,30). The smallest absolute Gasteiger partial charge is 0.315 e. The third kappa shape index (κ3) is 5.76. The number of rotatable bonds is 7. The highest BCUT2D eigenvalue weighted by Crippen LogP contribution is 2.21. The van der Waals surface area contributed by atoms with Crippen molar-refractivity contribution >= 4 is 17.6 Å². The molecule has 0 spiro atoms. The van der Waals surface area contributed by atoms with Crippen LogP contribution in [-0.4, -0.2) is 42.5 Å². The van der Waals surface area contributed by atoms with Crippen LogP contribution in [0.2, 0.25) is 0 Å². The van der Waals surface area contributed by atoms with E-state index in [-0.39, 0.29) is 18.3 Å². The lowest BCUT2D eigenvalue weighted by Gasteiger charge is -2.35. The molecule has 8 heteroatoms. The van der Waals surface area contributed by atoms with Crippen LogP contribution in [0, 0.1) is 11.6 Å². The van der Waals surface area contributed by atoms with Crippen molar-refractivity contribution < 1.29 is 18.4 Å². The second-order valence-electron chi connectivity index (χ2n) is 7.29. The average Bonchev–Trinajstić information content (AvgIpc) is 2.75. The first kappa shape index (κ1) is 21.7. The van der Waals surface area contributed by atoms with Gasteiger partial charge in [0.15, 0.2) is 11.6 Å². The van der Waals surface area contributed by atoms with Gasteiger partial charge in [0, 0.05) is 37.4 Å². The van der Waals surface area contributed by atoms with Crippen LogP contribution in [0.5, 0.6) is 0 Å². The van der Waals surface area contributed by atoms with E-state index in [1.54, 1.807) is 0 Å². The van der Waals surface area contributed by atoms with Crippen molar-refractivity contribution in [3.63, 3.8) is 0 Å². The molecule has 0 saturated heterocycles. The summed E-state index contributed by atoms with van der Waals surface area (Å²) in [5.74, 6) is -2.58. The molecular formula is C22H26F2N4O2. The van der Waals surface area contributed by atoms with Crippen molar-refractivity contribution in [3.8, 4) is 0 Å². The van der Waals surface area contributed by atoms with E-state index in [0.717, 1.165) is 38.1 Å². The van der Waals surface area contributed by atoms with Gasteiger partial charge in [0.1, 0.15) is 0 Å². The van der Waals surface area contributed by atoms with Crippen molar-refractivity contribution in [1.82, 2.24) is 15.5 Å². The lowest BCUT2D eigenvalue weighted by Crippen LogP contribution is -2.48. The normalized spacial score (nSPS) is 14.5. The topological polar surface area (TPSA) is 73.5 Å². The summed E-state index contributed by atoms with van der Waals surface area (Å²) in [6, 6.07) is 11.2. The van der Waals surface area contributed by atoms with Gasteiger partial charge in [0.2, 0.25) is 5.91 Å². The molecule has 3 rings (SSSR count). The molecule has 1 aliphatic heterocycles. The maximum atomic E-state index is 13.2. The van der Waals surface area contributed by atoms with Gasteiger partial charge >= 0.3 is 6.03 Å². The summed E-state index contributed by atoms with van der Waals surface area (Å²) in [6.07, 6.45) is 1.88. The number of hydrogen-bond acceptors (Lipinski definition) is 3. The maximum absolute atomic E-state index is 13.2. The molecule has 0 bridgehead atoms. The molecule has 0 aliphatic carbocycles. The Morgan fingerprint density at radius 2 is 1.83 bits per heavy atom. The van der Waals surface area contributed by atoms with E-state index >= 15 is 0 Å². The number of carbonyl (C=O) groups excluding carboxylic acids is 2. The molecule has 30 heavy (non-hydrogen) atoms. The van der Waals surface area contributed by atoms with Gasteiger partial charge in [-0.2, -0.15) is 0 Å². The molecule has 0 aromatic heterocycles. The van der Waals surface area contributed by atoms with Crippen molar-refractivity contribution in [1.29, 1.82) is 0 Å². The first-order valence-electron chi connectivity index (χ1n) is 10.0. The third-order valence-electron chi connectivity index (χ3n) is 5.26. The van der Waals surface area contributed by atoms with Crippen LogP contribution in [0.1, 0.15) is 24.5 Å². The number of amides is 3. The Labute approximate surface area is 174 Å². The molecule has 2 aromatic rings. The van der Waals surface area contributed by atoms with Crippen molar-refractivity contribution in [2.75, 3.05) is 25.0 Å². The zero-order chi connectivity index (χ0) is 21.5. The number of hydrogen-bond donors (Lipinski definition) is 3. The first-order chi connectivity index (χ1) is 14.5. The van der Waals surface area contributed by atoms with Gasteiger partial charge in [0.05, 0.1) is 6.54 Å². The van der Waals surface area contributed by atoms with Gasteiger partial charge in [-0.1, -0.05) is 31.2 Å². The molecule has 1 aliphatic rings. The number of halogens is 2. The van der Waals surface area contributed by atoms with Crippen LogP contribution in [0.25, 0.3) is 0 Å². The highest BCUT2D eigenvalue weighted by molar-refractivity contribution is 5.94. The van der Waals surface area contributed by atoms with Gasteiger partial charge in [0.25, 0.3) is 0 Å². The minimum atomic E-state index is -1.05. The quantitative estimate of drug-likeness (QED) is 0.650. The van der Waals surface area contributed by atoms with Gasteiger partial charge < -0.3 is 16.0 Å². The van der Waals surface area contributed by atoms with Crippen molar-refractivity contribution in [3.05, 3.63) is 65.2 Å². The fourth-order valence-corrected chi connectivity index (χ4v) is 3.57. The Balaban J connectivity index is 1.42. The Kier molecular flexibility index (Phi) is 7.35. The Bertz CT molecular complexity index is 906. The lowest BCUT2D eigenvalue weighted by molar-refractivity contribution is -0.115. The summed E-state index contributed by atoms with van der Waals surface area (Å²) in [4.78, 5) is 26.3. The van der Waals surface area contributed by atoms with Gasteiger partial charge in [-0.25, -0.2) is 13.6 Å². The SMILES string of the molecule is CCC(CNC(=O)NCC(=O)Nc1ccc(F)c(F)c1)N1CCc2ccccc2C1. The van der Waals surface area contributed by atoms with E-state index in [2.05, 4.69) is 46.0 Å². The predicted octanol–water partition coefficient (Wildman–Crippen LogP) is 3.04. The monoisotopic (exact) mass is 416 g/mol. The Morgan fingerprint density at radius 3 is 2.57 bits per heavy atom. The van der Waals surface area contributed by atoms with Crippen molar-refractivity contribution in [2.24, 2.45) is 0 Å². The first-order valence-corrected chi connectivity index (χ1v) is 10.0. The highest BCUT2D eigenvalue weighted by Gasteiger charge is 2.22. The maximum Gasteiger partial charge on any atom is 0.315 e. The number of urea groups is 1. The molecular weight excluding hydrogens is 390 g/mol. The van der Waals surface area contributed by atoms with E-state index in [4.69, 9.17) is 0 Å². The number of benzene rings is 2. The molecule has 2 aromatic carbocycles. The zero-order valence-corrected chi connectivity index (χ0v) is 16.9. The summed E-state index contributed by atoms with van der Waals surface area (Å²) < 4.78 is 26.1. The molecule has 1 atom stereocenters. The summed E-state index contributed by atoms with van der Waals surface area (Å²) in [5, 5.41) is 7.69. The second kappa shape index (κ2) is 10.2. The van der Waals surface area contributed by atoms with Crippen molar-refractivity contribution in [2.45, 2.75) is 32.4 Å². The Hall–Kier alpha value is -3.00. The third-order valence-corrected chi connectivity index (χ3v) is 5.26. The fraction of sp³-hybridized carbons (Fsp3) is 0.364. The van der Waals surface area contributed by atoms with E-state index < -0.39 is 23.6 Å². The van der Waals surface area contributed by atoms with Crippen LogP contribution in [0.4, 0.5) is 19.3 Å². The number of fused-ring (bicyclic) bond motifs is 1. The molecule has 1 unspecified atom stereocenters. The Morgan fingerprint density at radius 1 is 1.07 bits per heavy atom. The van der Waals surface area contributed by atoms with E-state index in [1.807, 2.05) is 6.07 Å².